The molecule has 0 aliphatic heterocycles. The Balaban J connectivity index is 1.60. The van der Waals surface area contributed by atoms with Gasteiger partial charge in [-0.1, -0.05) is 29.8 Å². The van der Waals surface area contributed by atoms with Crippen molar-refractivity contribution in [1.29, 1.82) is 0 Å². The quantitative estimate of drug-likeness (QED) is 0.280. The molecule has 2 heterocycles. The number of aromatic amines is 2. The fourth-order valence-corrected chi connectivity index (χ4v) is 5.87. The molecule has 0 aliphatic carbocycles. The molecule has 0 fully saturated rings. The normalized spacial score (nSPS) is 11.9. The number of imidazole rings is 1. The zero-order valence-corrected chi connectivity index (χ0v) is 19.8. The van der Waals surface area contributed by atoms with Crippen LogP contribution in [-0.4, -0.2) is 33.7 Å². The van der Waals surface area contributed by atoms with Crippen LogP contribution in [0.15, 0.2) is 59.8 Å². The van der Waals surface area contributed by atoms with E-state index in [0.29, 0.717) is 16.9 Å². The fraction of sp³-hybridized carbons (Fsp3) is 0.0833. The van der Waals surface area contributed by atoms with Gasteiger partial charge in [0.05, 0.1) is 22.8 Å². The van der Waals surface area contributed by atoms with Crippen LogP contribution in [0.4, 0.5) is 13.2 Å². The standard InChI is InChI=1S/C24H16ClF3N4O3S/c25-14-3-1-12(10-33)18(9-14)36(34,35)11-13-2-6-17(26)19(20(13)27)15-4-5-16-22(21(15)28)31-32-23(16)24-29-7-8-30-24/h1-9,33H,10-11H2,(H,29,30)(H,31,32). The number of rotatable bonds is 6. The minimum Gasteiger partial charge on any atom is -0.392 e. The van der Waals surface area contributed by atoms with Gasteiger partial charge in [0.25, 0.3) is 0 Å². The number of nitrogens with one attached hydrogen (secondary N) is 2. The van der Waals surface area contributed by atoms with Gasteiger partial charge in [-0.15, -0.1) is 0 Å². The van der Waals surface area contributed by atoms with Crippen LogP contribution >= 0.6 is 11.6 Å². The highest BCUT2D eigenvalue weighted by Gasteiger charge is 2.26. The van der Waals surface area contributed by atoms with Gasteiger partial charge < -0.3 is 10.1 Å². The molecule has 0 atom stereocenters. The van der Waals surface area contributed by atoms with Gasteiger partial charge in [0.15, 0.2) is 21.5 Å². The van der Waals surface area contributed by atoms with Gasteiger partial charge in [0, 0.05) is 33.9 Å². The number of sulfone groups is 1. The number of hydrogen-bond donors (Lipinski definition) is 3. The Morgan fingerprint density at radius 1 is 1.00 bits per heavy atom. The lowest BCUT2D eigenvalue weighted by molar-refractivity contribution is 0.278. The van der Waals surface area contributed by atoms with Crippen LogP contribution in [0.25, 0.3) is 33.5 Å². The highest BCUT2D eigenvalue weighted by atomic mass is 35.5. The van der Waals surface area contributed by atoms with E-state index in [4.69, 9.17) is 11.6 Å². The van der Waals surface area contributed by atoms with E-state index >= 15 is 8.78 Å². The number of hydrogen-bond acceptors (Lipinski definition) is 5. The molecule has 7 nitrogen and oxygen atoms in total. The van der Waals surface area contributed by atoms with Gasteiger partial charge in [-0.3, -0.25) is 5.10 Å². The second-order valence-corrected chi connectivity index (χ2v) is 10.3. The van der Waals surface area contributed by atoms with Gasteiger partial charge in [0.2, 0.25) is 0 Å². The summed E-state index contributed by atoms with van der Waals surface area (Å²) in [4.78, 5) is 6.67. The van der Waals surface area contributed by atoms with Crippen LogP contribution in [0.1, 0.15) is 11.1 Å². The van der Waals surface area contributed by atoms with Gasteiger partial charge in [-0.2, -0.15) is 5.10 Å². The van der Waals surface area contributed by atoms with E-state index in [0.717, 1.165) is 18.2 Å². The topological polar surface area (TPSA) is 112 Å². The van der Waals surface area contributed by atoms with Crippen molar-refractivity contribution in [3.63, 3.8) is 0 Å². The molecule has 12 heteroatoms. The molecule has 3 N–H and O–H groups in total. The van der Waals surface area contributed by atoms with E-state index in [2.05, 4.69) is 20.2 Å². The van der Waals surface area contributed by atoms with Crippen LogP contribution < -0.4 is 0 Å². The largest absolute Gasteiger partial charge is 0.392 e. The van der Waals surface area contributed by atoms with Crippen molar-refractivity contribution < 1.29 is 26.7 Å². The van der Waals surface area contributed by atoms with Crippen LogP contribution in [0, 0.1) is 17.5 Å². The maximum Gasteiger partial charge on any atom is 0.183 e. The third-order valence-electron chi connectivity index (χ3n) is 5.72. The highest BCUT2D eigenvalue weighted by Crippen LogP contribution is 2.36. The second kappa shape index (κ2) is 9.08. The monoisotopic (exact) mass is 532 g/mol. The Bertz CT molecular complexity index is 1720. The third-order valence-corrected chi connectivity index (χ3v) is 7.70. The molecule has 0 spiro atoms. The predicted molar refractivity (Wildman–Crippen MR) is 127 cm³/mol. The Morgan fingerprint density at radius 3 is 2.50 bits per heavy atom. The van der Waals surface area contributed by atoms with Gasteiger partial charge in [0.1, 0.15) is 22.8 Å². The number of aliphatic hydroxyl groups excluding tert-OH is 1. The van der Waals surface area contributed by atoms with E-state index in [1.165, 1.54) is 30.5 Å². The highest BCUT2D eigenvalue weighted by molar-refractivity contribution is 7.90. The summed E-state index contributed by atoms with van der Waals surface area (Å²) >= 11 is 5.91. The average molecular weight is 533 g/mol. The molecule has 0 saturated heterocycles. The smallest absolute Gasteiger partial charge is 0.183 e. The third kappa shape index (κ3) is 4.04. The lowest BCUT2D eigenvalue weighted by Crippen LogP contribution is -2.10. The maximum atomic E-state index is 15.5. The Kier molecular flexibility index (Phi) is 6.07. The first-order chi connectivity index (χ1) is 17.2. The predicted octanol–water partition coefficient (Wildman–Crippen LogP) is 5.16. The summed E-state index contributed by atoms with van der Waals surface area (Å²) in [6.45, 7) is -0.586. The van der Waals surface area contributed by atoms with E-state index < -0.39 is 50.8 Å². The molecular formula is C24H16ClF3N4O3S. The van der Waals surface area contributed by atoms with Crippen LogP contribution in [0.3, 0.4) is 0 Å². The van der Waals surface area contributed by atoms with E-state index in [9.17, 15) is 17.9 Å². The number of H-pyrrole nitrogens is 2. The van der Waals surface area contributed by atoms with Crippen molar-refractivity contribution in [2.24, 2.45) is 0 Å². The van der Waals surface area contributed by atoms with Crippen molar-refractivity contribution in [2.75, 3.05) is 0 Å². The molecule has 36 heavy (non-hydrogen) atoms. The summed E-state index contributed by atoms with van der Waals surface area (Å²) < 4.78 is 71.9. The number of benzene rings is 3. The fourth-order valence-electron chi connectivity index (χ4n) is 4.01. The lowest BCUT2D eigenvalue weighted by Gasteiger charge is -2.13. The van der Waals surface area contributed by atoms with Crippen molar-refractivity contribution in [1.82, 2.24) is 20.2 Å². The summed E-state index contributed by atoms with van der Waals surface area (Å²) in [6, 6.07) is 8.39. The van der Waals surface area contributed by atoms with Crippen LogP contribution in [0.5, 0.6) is 0 Å². The molecule has 0 unspecified atom stereocenters. The molecule has 3 aromatic carbocycles. The molecule has 0 saturated carbocycles. The minimum absolute atomic E-state index is 0.0736. The zero-order chi connectivity index (χ0) is 25.6. The van der Waals surface area contributed by atoms with Crippen LogP contribution in [-0.2, 0) is 22.2 Å². The van der Waals surface area contributed by atoms with Gasteiger partial charge in [-0.25, -0.2) is 26.6 Å². The first kappa shape index (κ1) is 24.0. The number of halogens is 4. The molecule has 2 aromatic heterocycles. The van der Waals surface area contributed by atoms with Gasteiger partial charge in [-0.05, 0) is 29.8 Å². The molecule has 0 amide bonds. The Hall–Kier alpha value is -3.67. The van der Waals surface area contributed by atoms with Crippen molar-refractivity contribution in [3.05, 3.63) is 88.5 Å². The molecule has 0 bridgehead atoms. The Labute approximate surface area is 207 Å². The van der Waals surface area contributed by atoms with E-state index in [1.807, 2.05) is 0 Å². The van der Waals surface area contributed by atoms with Gasteiger partial charge >= 0.3 is 0 Å². The first-order valence-corrected chi connectivity index (χ1v) is 12.5. The number of aromatic nitrogens is 4. The van der Waals surface area contributed by atoms with Crippen molar-refractivity contribution in [3.8, 4) is 22.6 Å². The van der Waals surface area contributed by atoms with E-state index in [1.54, 1.807) is 6.20 Å². The summed E-state index contributed by atoms with van der Waals surface area (Å²) in [5.41, 5.74) is -1.23. The summed E-state index contributed by atoms with van der Waals surface area (Å²) in [7, 11) is -4.21. The second-order valence-electron chi connectivity index (χ2n) is 7.92. The molecule has 5 rings (SSSR count). The molecule has 0 radical (unpaired) electrons. The summed E-state index contributed by atoms with van der Waals surface area (Å²) in [5, 5.41) is 16.5. The molecule has 184 valence electrons. The van der Waals surface area contributed by atoms with Crippen molar-refractivity contribution in [2.45, 2.75) is 17.3 Å². The number of nitrogens with zero attached hydrogens (tertiary/aromatic N) is 2. The van der Waals surface area contributed by atoms with E-state index in [-0.39, 0.29) is 26.6 Å². The lowest BCUT2D eigenvalue weighted by atomic mass is 9.99. The zero-order valence-electron chi connectivity index (χ0n) is 18.2. The van der Waals surface area contributed by atoms with Crippen LogP contribution in [0.2, 0.25) is 5.02 Å². The minimum atomic E-state index is -4.21. The first-order valence-electron chi connectivity index (χ1n) is 10.5. The SMILES string of the molecule is O=S(=O)(Cc1ccc(F)c(-c2ccc3c(-c4ncc[nH]4)[nH]nc3c2F)c1F)c1cc(Cl)ccc1CO. The number of aliphatic hydroxyl groups is 1. The average Bonchev–Trinajstić information content (AvgIpc) is 3.52. The summed E-state index contributed by atoms with van der Waals surface area (Å²) in [5.74, 6) is -3.76. The summed E-state index contributed by atoms with van der Waals surface area (Å²) in [6.07, 6.45) is 3.08. The maximum absolute atomic E-state index is 15.5. The molecule has 5 aromatic rings. The molecular weight excluding hydrogens is 517 g/mol. The van der Waals surface area contributed by atoms with Crippen molar-refractivity contribution >= 4 is 32.3 Å². The number of fused-ring (bicyclic) bond motifs is 1. The Morgan fingerprint density at radius 2 is 1.78 bits per heavy atom. The molecule has 0 aliphatic rings.